The Morgan fingerprint density at radius 2 is 2.32 bits per heavy atom. The van der Waals surface area contributed by atoms with Crippen LogP contribution in [0.25, 0.3) is 0 Å². The van der Waals surface area contributed by atoms with Crippen LogP contribution in [0.1, 0.15) is 23.7 Å². The van der Waals surface area contributed by atoms with Gasteiger partial charge in [-0.15, -0.1) is 0 Å². The molecule has 1 amide bonds. The van der Waals surface area contributed by atoms with Crippen molar-refractivity contribution in [2.45, 2.75) is 18.9 Å². The molecule has 1 unspecified atom stereocenters. The molecule has 1 atom stereocenters. The smallest absolute Gasteiger partial charge is 0.270 e. The number of nitro groups is 1. The van der Waals surface area contributed by atoms with Gasteiger partial charge in [-0.3, -0.25) is 14.9 Å². The summed E-state index contributed by atoms with van der Waals surface area (Å²) >= 11 is 0. The first-order valence-electron chi connectivity index (χ1n) is 5.85. The second-order valence-electron chi connectivity index (χ2n) is 4.85. The molecule has 1 aliphatic heterocycles. The Bertz CT molecular complexity index is 524. The summed E-state index contributed by atoms with van der Waals surface area (Å²) in [7, 11) is 0. The Labute approximate surface area is 109 Å². The molecule has 1 heterocycles. The molecular formula is C12H15N3O4. The van der Waals surface area contributed by atoms with Gasteiger partial charge in [-0.25, -0.2) is 0 Å². The van der Waals surface area contributed by atoms with Gasteiger partial charge in [0.1, 0.15) is 0 Å². The SMILES string of the molecule is CC1(NC(=O)c2cc([N+](=O)[O-])ccc2N)CCOC1. The normalized spacial score (nSPS) is 22.2. The van der Waals surface area contributed by atoms with Gasteiger partial charge < -0.3 is 15.8 Å². The third-order valence-corrected chi connectivity index (χ3v) is 3.13. The highest BCUT2D eigenvalue weighted by Gasteiger charge is 2.32. The zero-order valence-corrected chi connectivity index (χ0v) is 10.5. The van der Waals surface area contributed by atoms with Gasteiger partial charge in [0.25, 0.3) is 11.6 Å². The van der Waals surface area contributed by atoms with Gasteiger partial charge in [0.15, 0.2) is 0 Å². The van der Waals surface area contributed by atoms with Crippen molar-refractivity contribution in [3.8, 4) is 0 Å². The maximum atomic E-state index is 12.1. The number of amides is 1. The summed E-state index contributed by atoms with van der Waals surface area (Å²) in [5.41, 5.74) is 5.41. The molecule has 1 fully saturated rings. The van der Waals surface area contributed by atoms with E-state index >= 15 is 0 Å². The fourth-order valence-corrected chi connectivity index (χ4v) is 1.96. The van der Waals surface area contributed by atoms with Gasteiger partial charge >= 0.3 is 0 Å². The summed E-state index contributed by atoms with van der Waals surface area (Å²) in [4.78, 5) is 22.3. The summed E-state index contributed by atoms with van der Waals surface area (Å²) < 4.78 is 5.23. The molecule has 0 aromatic heterocycles. The standard InChI is InChI=1S/C12H15N3O4/c1-12(4-5-19-7-12)14-11(16)9-6-8(15(17)18)2-3-10(9)13/h2-3,6H,4-5,7,13H2,1H3,(H,14,16). The van der Waals surface area contributed by atoms with E-state index in [4.69, 9.17) is 10.5 Å². The topological polar surface area (TPSA) is 107 Å². The van der Waals surface area contributed by atoms with Crippen LogP contribution in [0.4, 0.5) is 11.4 Å². The van der Waals surface area contributed by atoms with Crippen LogP contribution in [0.2, 0.25) is 0 Å². The van der Waals surface area contributed by atoms with E-state index in [0.29, 0.717) is 19.6 Å². The van der Waals surface area contributed by atoms with Crippen molar-refractivity contribution in [1.29, 1.82) is 0 Å². The van der Waals surface area contributed by atoms with Crippen LogP contribution in [0, 0.1) is 10.1 Å². The number of hydrogen-bond donors (Lipinski definition) is 2. The minimum absolute atomic E-state index is 0.113. The maximum absolute atomic E-state index is 12.1. The first kappa shape index (κ1) is 13.3. The van der Waals surface area contributed by atoms with Crippen LogP contribution in [0.3, 0.4) is 0 Å². The molecule has 102 valence electrons. The van der Waals surface area contributed by atoms with Crippen molar-refractivity contribution in [2.24, 2.45) is 0 Å². The van der Waals surface area contributed by atoms with E-state index in [2.05, 4.69) is 5.32 Å². The molecule has 3 N–H and O–H groups in total. The van der Waals surface area contributed by atoms with Gasteiger partial charge in [-0.2, -0.15) is 0 Å². The number of nitrogens with zero attached hydrogens (tertiary/aromatic N) is 1. The first-order valence-corrected chi connectivity index (χ1v) is 5.85. The van der Waals surface area contributed by atoms with Crippen LogP contribution in [-0.2, 0) is 4.74 Å². The number of nitrogens with two attached hydrogens (primary N) is 1. The van der Waals surface area contributed by atoms with Crippen LogP contribution < -0.4 is 11.1 Å². The fourth-order valence-electron chi connectivity index (χ4n) is 1.96. The lowest BCUT2D eigenvalue weighted by molar-refractivity contribution is -0.384. The molecule has 19 heavy (non-hydrogen) atoms. The summed E-state index contributed by atoms with van der Waals surface area (Å²) in [6.07, 6.45) is 0.702. The van der Waals surface area contributed by atoms with Crippen molar-refractivity contribution in [1.82, 2.24) is 5.32 Å². The average molecular weight is 265 g/mol. The number of benzene rings is 1. The molecule has 0 aliphatic carbocycles. The number of rotatable bonds is 3. The zero-order chi connectivity index (χ0) is 14.0. The first-order chi connectivity index (χ1) is 8.91. The number of carbonyl (C=O) groups excluding carboxylic acids is 1. The highest BCUT2D eigenvalue weighted by Crippen LogP contribution is 2.22. The molecule has 0 radical (unpaired) electrons. The zero-order valence-electron chi connectivity index (χ0n) is 10.5. The van der Waals surface area contributed by atoms with Crippen LogP contribution >= 0.6 is 0 Å². The van der Waals surface area contributed by atoms with E-state index in [0.717, 1.165) is 0 Å². The molecular weight excluding hydrogens is 250 g/mol. The number of nitrogen functional groups attached to an aromatic ring is 1. The van der Waals surface area contributed by atoms with Crippen LogP contribution in [0.5, 0.6) is 0 Å². The van der Waals surface area contributed by atoms with Crippen molar-refractivity contribution >= 4 is 17.3 Å². The number of non-ortho nitro benzene ring substituents is 1. The van der Waals surface area contributed by atoms with Gasteiger partial charge in [-0.1, -0.05) is 0 Å². The Kier molecular flexibility index (Phi) is 3.39. The average Bonchev–Trinajstić information content (AvgIpc) is 2.75. The Hall–Kier alpha value is -2.15. The predicted octanol–water partition coefficient (Wildman–Crippen LogP) is 1.09. The monoisotopic (exact) mass is 265 g/mol. The maximum Gasteiger partial charge on any atom is 0.270 e. The largest absolute Gasteiger partial charge is 0.398 e. The Balaban J connectivity index is 2.23. The van der Waals surface area contributed by atoms with E-state index in [1.807, 2.05) is 6.92 Å². The van der Waals surface area contributed by atoms with E-state index in [-0.39, 0.29) is 16.9 Å². The predicted molar refractivity (Wildman–Crippen MR) is 68.8 cm³/mol. The van der Waals surface area contributed by atoms with Crippen molar-refractivity contribution in [3.05, 3.63) is 33.9 Å². The van der Waals surface area contributed by atoms with Gasteiger partial charge in [-0.05, 0) is 19.4 Å². The van der Waals surface area contributed by atoms with Gasteiger partial charge in [0.05, 0.1) is 22.6 Å². The highest BCUT2D eigenvalue weighted by atomic mass is 16.6. The molecule has 1 saturated heterocycles. The second-order valence-corrected chi connectivity index (χ2v) is 4.85. The van der Waals surface area contributed by atoms with Crippen molar-refractivity contribution in [3.63, 3.8) is 0 Å². The van der Waals surface area contributed by atoms with Crippen LogP contribution in [0.15, 0.2) is 18.2 Å². The number of ether oxygens (including phenoxy) is 1. The summed E-state index contributed by atoms with van der Waals surface area (Å²) in [6, 6.07) is 3.82. The molecule has 0 spiro atoms. The van der Waals surface area contributed by atoms with E-state index < -0.39 is 16.4 Å². The van der Waals surface area contributed by atoms with Crippen molar-refractivity contribution < 1.29 is 14.5 Å². The third-order valence-electron chi connectivity index (χ3n) is 3.13. The third kappa shape index (κ3) is 2.82. The Morgan fingerprint density at radius 1 is 1.58 bits per heavy atom. The molecule has 1 aromatic carbocycles. The number of hydrogen-bond acceptors (Lipinski definition) is 5. The minimum atomic E-state index is -0.559. The molecule has 0 saturated carbocycles. The number of nitro benzene ring substituents is 1. The van der Waals surface area contributed by atoms with Crippen molar-refractivity contribution in [2.75, 3.05) is 18.9 Å². The summed E-state index contributed by atoms with van der Waals surface area (Å²) in [6.45, 7) is 2.88. The number of nitrogens with one attached hydrogen (secondary N) is 1. The molecule has 2 rings (SSSR count). The van der Waals surface area contributed by atoms with Gasteiger partial charge in [0, 0.05) is 24.4 Å². The van der Waals surface area contributed by atoms with E-state index in [9.17, 15) is 14.9 Å². The lowest BCUT2D eigenvalue weighted by atomic mass is 10.0. The highest BCUT2D eigenvalue weighted by molar-refractivity contribution is 6.00. The summed E-state index contributed by atoms with van der Waals surface area (Å²) in [5, 5.41) is 13.5. The lowest BCUT2D eigenvalue weighted by Crippen LogP contribution is -2.46. The Morgan fingerprint density at radius 3 is 2.89 bits per heavy atom. The number of carbonyl (C=O) groups is 1. The van der Waals surface area contributed by atoms with Gasteiger partial charge in [0.2, 0.25) is 0 Å². The molecule has 7 nitrogen and oxygen atoms in total. The molecule has 1 aromatic rings. The fraction of sp³-hybridized carbons (Fsp3) is 0.417. The summed E-state index contributed by atoms with van der Waals surface area (Å²) in [5.74, 6) is -0.422. The van der Waals surface area contributed by atoms with E-state index in [1.165, 1.54) is 18.2 Å². The quantitative estimate of drug-likeness (QED) is 0.483. The lowest BCUT2D eigenvalue weighted by Gasteiger charge is -2.23. The molecule has 7 heteroatoms. The molecule has 0 bridgehead atoms. The van der Waals surface area contributed by atoms with Crippen LogP contribution in [-0.4, -0.2) is 29.6 Å². The second kappa shape index (κ2) is 4.85. The minimum Gasteiger partial charge on any atom is -0.398 e. The van der Waals surface area contributed by atoms with E-state index in [1.54, 1.807) is 0 Å². The number of anilines is 1. The molecule has 1 aliphatic rings.